The molecule has 0 aromatic rings. The van der Waals surface area contributed by atoms with Gasteiger partial charge in [0, 0.05) is 6.54 Å². The lowest BCUT2D eigenvalue weighted by atomic mass is 10.4. The van der Waals surface area contributed by atoms with E-state index >= 15 is 0 Å². The van der Waals surface area contributed by atoms with Gasteiger partial charge in [0.1, 0.15) is 0 Å². The molecule has 12 heavy (non-hydrogen) atoms. The van der Waals surface area contributed by atoms with Crippen LogP contribution in [0, 0.1) is 5.41 Å². The molecular weight excluding hydrogens is 154 g/mol. The standard InChI is InChI=1S/C7H19N5/c8-3-1-4-11-5-2-6-12-7(9)10/h11H,1-6,8H2,(H4,9,10,12). The summed E-state index contributed by atoms with van der Waals surface area (Å²) < 4.78 is 0. The van der Waals surface area contributed by atoms with Crippen LogP contribution in [0.1, 0.15) is 12.8 Å². The van der Waals surface area contributed by atoms with Crippen molar-refractivity contribution in [2.75, 3.05) is 26.2 Å². The molecule has 0 spiro atoms. The molecule has 0 radical (unpaired) electrons. The molecule has 0 aliphatic rings. The molecule has 0 unspecified atom stereocenters. The molecule has 0 rings (SSSR count). The van der Waals surface area contributed by atoms with E-state index in [-0.39, 0.29) is 5.96 Å². The Hall–Kier alpha value is -0.810. The predicted molar refractivity (Wildman–Crippen MR) is 51.1 cm³/mol. The van der Waals surface area contributed by atoms with Crippen LogP contribution in [0.5, 0.6) is 0 Å². The molecule has 5 nitrogen and oxygen atoms in total. The van der Waals surface area contributed by atoms with E-state index in [1.54, 1.807) is 0 Å². The van der Waals surface area contributed by atoms with Crippen LogP contribution in [-0.2, 0) is 0 Å². The zero-order valence-corrected chi connectivity index (χ0v) is 7.40. The monoisotopic (exact) mass is 173 g/mol. The summed E-state index contributed by atoms with van der Waals surface area (Å²) in [4.78, 5) is 0. The quantitative estimate of drug-likeness (QED) is 0.190. The van der Waals surface area contributed by atoms with Crippen LogP contribution in [0.2, 0.25) is 0 Å². The van der Waals surface area contributed by atoms with Gasteiger partial charge in [-0.2, -0.15) is 0 Å². The minimum atomic E-state index is 0.0389. The normalized spacial score (nSPS) is 9.75. The molecule has 0 aromatic heterocycles. The molecule has 0 bridgehead atoms. The molecule has 7 N–H and O–H groups in total. The van der Waals surface area contributed by atoms with Gasteiger partial charge in [0.25, 0.3) is 0 Å². The molecule has 0 atom stereocenters. The molecule has 0 saturated heterocycles. The summed E-state index contributed by atoms with van der Waals surface area (Å²) in [6, 6.07) is 0. The van der Waals surface area contributed by atoms with Gasteiger partial charge in [-0.25, -0.2) is 0 Å². The topological polar surface area (TPSA) is 100.0 Å². The van der Waals surface area contributed by atoms with Crippen molar-refractivity contribution in [3.8, 4) is 0 Å². The van der Waals surface area contributed by atoms with Crippen molar-refractivity contribution in [3.05, 3.63) is 0 Å². The summed E-state index contributed by atoms with van der Waals surface area (Å²) in [5.74, 6) is 0.0389. The van der Waals surface area contributed by atoms with E-state index in [1.165, 1.54) is 0 Å². The molecule has 0 fully saturated rings. The van der Waals surface area contributed by atoms with Crippen LogP contribution in [0.4, 0.5) is 0 Å². The molecule has 0 aliphatic carbocycles. The third kappa shape index (κ3) is 9.19. The number of guanidine groups is 1. The summed E-state index contributed by atoms with van der Waals surface area (Å²) in [5, 5.41) is 12.8. The Balaban J connectivity index is 2.86. The van der Waals surface area contributed by atoms with E-state index in [0.717, 1.165) is 39.0 Å². The summed E-state index contributed by atoms with van der Waals surface area (Å²) in [6.45, 7) is 3.40. The maximum absolute atomic E-state index is 6.87. The largest absolute Gasteiger partial charge is 0.370 e. The lowest BCUT2D eigenvalue weighted by molar-refractivity contribution is 0.620. The van der Waals surface area contributed by atoms with E-state index in [4.69, 9.17) is 16.9 Å². The lowest BCUT2D eigenvalue weighted by Crippen LogP contribution is -2.32. The van der Waals surface area contributed by atoms with Gasteiger partial charge in [0.15, 0.2) is 5.96 Å². The highest BCUT2D eigenvalue weighted by Gasteiger charge is 1.88. The van der Waals surface area contributed by atoms with E-state index in [1.807, 2.05) is 0 Å². The molecule has 0 aliphatic heterocycles. The van der Waals surface area contributed by atoms with Gasteiger partial charge in [-0.05, 0) is 32.5 Å². The molecule has 72 valence electrons. The number of rotatable bonds is 7. The Labute approximate surface area is 73.4 Å². The Morgan fingerprint density at radius 3 is 2.42 bits per heavy atom. The average molecular weight is 173 g/mol. The highest BCUT2D eigenvalue weighted by atomic mass is 15.0. The van der Waals surface area contributed by atoms with Gasteiger partial charge in [0.05, 0.1) is 0 Å². The minimum Gasteiger partial charge on any atom is -0.370 e. The molecular formula is C7H19N5. The minimum absolute atomic E-state index is 0.0389. The lowest BCUT2D eigenvalue weighted by Gasteiger charge is -2.04. The van der Waals surface area contributed by atoms with Gasteiger partial charge in [-0.15, -0.1) is 0 Å². The van der Waals surface area contributed by atoms with Crippen LogP contribution in [0.15, 0.2) is 0 Å². The van der Waals surface area contributed by atoms with Gasteiger partial charge in [0.2, 0.25) is 0 Å². The second kappa shape index (κ2) is 8.29. The van der Waals surface area contributed by atoms with Gasteiger partial charge in [-0.1, -0.05) is 0 Å². The van der Waals surface area contributed by atoms with Crippen LogP contribution < -0.4 is 22.1 Å². The molecule has 5 heteroatoms. The number of hydrogen-bond donors (Lipinski definition) is 5. The van der Waals surface area contributed by atoms with E-state index in [9.17, 15) is 0 Å². The molecule has 0 heterocycles. The second-order valence-electron chi connectivity index (χ2n) is 2.59. The fourth-order valence-electron chi connectivity index (χ4n) is 0.789. The zero-order chi connectivity index (χ0) is 9.23. The van der Waals surface area contributed by atoms with E-state index < -0.39 is 0 Å². The van der Waals surface area contributed by atoms with Crippen LogP contribution in [0.25, 0.3) is 0 Å². The van der Waals surface area contributed by atoms with Crippen molar-refractivity contribution in [1.29, 1.82) is 5.41 Å². The maximum Gasteiger partial charge on any atom is 0.185 e. The van der Waals surface area contributed by atoms with Gasteiger partial charge in [-0.3, -0.25) is 5.41 Å². The molecule has 0 amide bonds. The fourth-order valence-corrected chi connectivity index (χ4v) is 0.789. The first-order chi connectivity index (χ1) is 5.77. The fraction of sp³-hybridized carbons (Fsp3) is 0.857. The second-order valence-corrected chi connectivity index (χ2v) is 2.59. The smallest absolute Gasteiger partial charge is 0.185 e. The van der Waals surface area contributed by atoms with E-state index in [2.05, 4.69) is 10.6 Å². The first-order valence-corrected chi connectivity index (χ1v) is 4.26. The van der Waals surface area contributed by atoms with Crippen molar-refractivity contribution in [2.24, 2.45) is 11.5 Å². The van der Waals surface area contributed by atoms with Gasteiger partial charge >= 0.3 is 0 Å². The van der Waals surface area contributed by atoms with E-state index in [0.29, 0.717) is 0 Å². The van der Waals surface area contributed by atoms with Crippen molar-refractivity contribution in [1.82, 2.24) is 10.6 Å². The first-order valence-electron chi connectivity index (χ1n) is 4.26. The third-order valence-corrected chi connectivity index (χ3v) is 1.40. The molecule has 0 aromatic carbocycles. The highest BCUT2D eigenvalue weighted by molar-refractivity contribution is 5.74. The molecule has 0 saturated carbocycles. The Kier molecular flexibility index (Phi) is 7.73. The number of hydrogen-bond acceptors (Lipinski definition) is 3. The Morgan fingerprint density at radius 1 is 1.17 bits per heavy atom. The summed E-state index contributed by atoms with van der Waals surface area (Å²) in [7, 11) is 0. The highest BCUT2D eigenvalue weighted by Crippen LogP contribution is 1.74. The number of nitrogens with two attached hydrogens (primary N) is 2. The first kappa shape index (κ1) is 11.2. The number of nitrogens with one attached hydrogen (secondary N) is 3. The maximum atomic E-state index is 6.87. The Bertz CT molecular complexity index is 114. The summed E-state index contributed by atoms with van der Waals surface area (Å²) >= 11 is 0. The predicted octanol–water partition coefficient (Wildman–Crippen LogP) is -1.20. The van der Waals surface area contributed by atoms with Gasteiger partial charge < -0.3 is 22.1 Å². The van der Waals surface area contributed by atoms with Crippen LogP contribution in [-0.4, -0.2) is 32.1 Å². The Morgan fingerprint density at radius 2 is 1.83 bits per heavy atom. The summed E-state index contributed by atoms with van der Waals surface area (Å²) in [6.07, 6.45) is 1.99. The van der Waals surface area contributed by atoms with Crippen LogP contribution >= 0.6 is 0 Å². The third-order valence-electron chi connectivity index (χ3n) is 1.40. The summed E-state index contributed by atoms with van der Waals surface area (Å²) in [5.41, 5.74) is 10.4. The van der Waals surface area contributed by atoms with Crippen molar-refractivity contribution in [3.63, 3.8) is 0 Å². The zero-order valence-electron chi connectivity index (χ0n) is 7.40. The van der Waals surface area contributed by atoms with Crippen molar-refractivity contribution < 1.29 is 0 Å². The SMILES string of the molecule is N=C(N)NCCCNCCCN. The van der Waals surface area contributed by atoms with Crippen molar-refractivity contribution >= 4 is 5.96 Å². The van der Waals surface area contributed by atoms with Crippen LogP contribution in [0.3, 0.4) is 0 Å². The van der Waals surface area contributed by atoms with Crippen molar-refractivity contribution in [2.45, 2.75) is 12.8 Å². The average Bonchev–Trinajstić information content (AvgIpc) is 2.02.